The van der Waals surface area contributed by atoms with Gasteiger partial charge in [0.2, 0.25) is 0 Å². The second-order valence-electron chi connectivity index (χ2n) is 7.75. The number of nitrogens with zero attached hydrogens (tertiary/aromatic N) is 2. The molecule has 0 unspecified atom stereocenters. The summed E-state index contributed by atoms with van der Waals surface area (Å²) in [5.74, 6) is 0.938. The van der Waals surface area contributed by atoms with Gasteiger partial charge in [0.1, 0.15) is 5.75 Å². The van der Waals surface area contributed by atoms with Gasteiger partial charge in [0, 0.05) is 12.2 Å². The molecule has 0 aliphatic heterocycles. The molecule has 148 valence electrons. The molecule has 0 saturated heterocycles. The molecule has 0 N–H and O–H groups in total. The van der Waals surface area contributed by atoms with Crippen molar-refractivity contribution in [3.8, 4) is 5.75 Å². The van der Waals surface area contributed by atoms with Gasteiger partial charge in [-0.05, 0) is 82.3 Å². The predicted octanol–water partition coefficient (Wildman–Crippen LogP) is 5.39. The molecule has 0 bridgehead atoms. The Bertz CT molecular complexity index is 1090. The van der Waals surface area contributed by atoms with Crippen molar-refractivity contribution in [1.82, 2.24) is 9.13 Å². The topological polar surface area (TPSA) is 36.2 Å². The molecule has 0 amide bonds. The van der Waals surface area contributed by atoms with Crippen molar-refractivity contribution in [2.75, 3.05) is 6.61 Å². The van der Waals surface area contributed by atoms with Gasteiger partial charge in [0.15, 0.2) is 0 Å². The van der Waals surface area contributed by atoms with Crippen LogP contribution in [0.15, 0.2) is 41.7 Å². The van der Waals surface area contributed by atoms with Crippen LogP contribution in [-0.4, -0.2) is 15.7 Å². The average Bonchev–Trinajstić information content (AvgIpc) is 2.88. The zero-order valence-electron chi connectivity index (χ0n) is 17.6. The first-order valence-corrected chi connectivity index (χ1v) is 9.88. The lowest BCUT2D eigenvalue weighted by atomic mass is 10.1. The Morgan fingerprint density at radius 3 is 2.29 bits per heavy atom. The first kappa shape index (κ1) is 20.0. The number of allylic oxidation sites excluding steroid dienone is 1. The summed E-state index contributed by atoms with van der Waals surface area (Å²) in [6.45, 7) is 15.5. The molecular weight excluding hydrogens is 348 g/mol. The van der Waals surface area contributed by atoms with E-state index in [-0.39, 0.29) is 5.69 Å². The van der Waals surface area contributed by atoms with Crippen molar-refractivity contribution in [3.63, 3.8) is 0 Å². The molecular formula is C24H30N2O2. The summed E-state index contributed by atoms with van der Waals surface area (Å²) in [6.07, 6.45) is 1.78. The normalized spacial score (nSPS) is 11.2. The van der Waals surface area contributed by atoms with E-state index in [0.717, 1.165) is 40.9 Å². The predicted molar refractivity (Wildman–Crippen MR) is 117 cm³/mol. The number of rotatable bonds is 7. The number of aryl methyl sites for hydroxylation is 5. The molecule has 3 aromatic rings. The first-order valence-electron chi connectivity index (χ1n) is 9.88. The van der Waals surface area contributed by atoms with Crippen LogP contribution in [0.5, 0.6) is 5.75 Å². The van der Waals surface area contributed by atoms with E-state index >= 15 is 0 Å². The van der Waals surface area contributed by atoms with E-state index in [1.165, 1.54) is 16.7 Å². The van der Waals surface area contributed by atoms with Gasteiger partial charge in [-0.1, -0.05) is 24.3 Å². The van der Waals surface area contributed by atoms with Crippen LogP contribution in [0.4, 0.5) is 0 Å². The molecule has 4 nitrogen and oxygen atoms in total. The lowest BCUT2D eigenvalue weighted by molar-refractivity contribution is 0.301. The fourth-order valence-electron chi connectivity index (χ4n) is 3.61. The zero-order valence-corrected chi connectivity index (χ0v) is 17.6. The van der Waals surface area contributed by atoms with Crippen LogP contribution in [0.25, 0.3) is 16.7 Å². The number of aromatic nitrogens is 2. The highest BCUT2D eigenvalue weighted by atomic mass is 16.5. The molecule has 0 aliphatic rings. The van der Waals surface area contributed by atoms with Gasteiger partial charge in [0.25, 0.3) is 0 Å². The summed E-state index contributed by atoms with van der Waals surface area (Å²) in [4.78, 5) is 12.9. The van der Waals surface area contributed by atoms with Gasteiger partial charge >= 0.3 is 5.69 Å². The Kier molecular flexibility index (Phi) is 5.78. The summed E-state index contributed by atoms with van der Waals surface area (Å²) in [7, 11) is 0. The molecule has 0 saturated carbocycles. The van der Waals surface area contributed by atoms with Crippen molar-refractivity contribution in [2.24, 2.45) is 0 Å². The van der Waals surface area contributed by atoms with Gasteiger partial charge in [-0.3, -0.25) is 9.13 Å². The molecule has 1 heterocycles. The Morgan fingerprint density at radius 2 is 1.64 bits per heavy atom. The van der Waals surface area contributed by atoms with Gasteiger partial charge in [-0.2, -0.15) is 0 Å². The van der Waals surface area contributed by atoms with E-state index in [1.54, 1.807) is 4.57 Å². The van der Waals surface area contributed by atoms with Crippen LogP contribution in [0.2, 0.25) is 0 Å². The molecule has 4 heteroatoms. The number of fused-ring (bicyclic) bond motifs is 1. The molecule has 3 rings (SSSR count). The van der Waals surface area contributed by atoms with Crippen LogP contribution in [0.1, 0.15) is 42.0 Å². The largest absolute Gasteiger partial charge is 0.493 e. The monoisotopic (exact) mass is 378 g/mol. The molecule has 0 atom stereocenters. The maximum absolute atomic E-state index is 12.9. The maximum atomic E-state index is 12.9. The second kappa shape index (κ2) is 8.09. The molecule has 2 aromatic carbocycles. The second-order valence-corrected chi connectivity index (χ2v) is 7.75. The lowest BCUT2D eigenvalue weighted by Gasteiger charge is -2.10. The summed E-state index contributed by atoms with van der Waals surface area (Å²) in [5.41, 5.74) is 7.42. The van der Waals surface area contributed by atoms with E-state index < -0.39 is 0 Å². The number of unbranched alkanes of at least 4 members (excludes halogenated alkanes) is 1. The van der Waals surface area contributed by atoms with Gasteiger partial charge < -0.3 is 4.74 Å². The van der Waals surface area contributed by atoms with Gasteiger partial charge in [0.05, 0.1) is 17.6 Å². The third kappa shape index (κ3) is 3.91. The van der Waals surface area contributed by atoms with Crippen LogP contribution in [-0.2, 0) is 6.54 Å². The quantitative estimate of drug-likeness (QED) is 0.517. The van der Waals surface area contributed by atoms with E-state index in [0.29, 0.717) is 13.2 Å². The maximum Gasteiger partial charge on any atom is 0.333 e. The van der Waals surface area contributed by atoms with Crippen molar-refractivity contribution in [3.05, 3.63) is 69.6 Å². The van der Waals surface area contributed by atoms with Crippen LogP contribution in [0, 0.1) is 27.7 Å². The van der Waals surface area contributed by atoms with Crippen molar-refractivity contribution < 1.29 is 4.74 Å². The summed E-state index contributed by atoms with van der Waals surface area (Å²) in [6, 6.07) is 10.4. The number of hydrogen-bond acceptors (Lipinski definition) is 2. The summed E-state index contributed by atoms with van der Waals surface area (Å²) < 4.78 is 9.50. The Morgan fingerprint density at radius 1 is 0.964 bits per heavy atom. The van der Waals surface area contributed by atoms with Gasteiger partial charge in [-0.15, -0.1) is 0 Å². The van der Waals surface area contributed by atoms with Crippen molar-refractivity contribution in [1.29, 1.82) is 0 Å². The highest BCUT2D eigenvalue weighted by Crippen LogP contribution is 2.22. The number of hydrogen-bond donors (Lipinski definition) is 0. The van der Waals surface area contributed by atoms with E-state index in [9.17, 15) is 4.79 Å². The summed E-state index contributed by atoms with van der Waals surface area (Å²) in [5, 5.41) is 0. The van der Waals surface area contributed by atoms with Crippen LogP contribution in [0.3, 0.4) is 0 Å². The number of ether oxygens (including phenoxy) is 1. The Labute approximate surface area is 167 Å². The highest BCUT2D eigenvalue weighted by Gasteiger charge is 2.14. The minimum absolute atomic E-state index is 0.0113. The first-order chi connectivity index (χ1) is 13.3. The third-order valence-electron chi connectivity index (χ3n) is 5.29. The fraction of sp³-hybridized carbons (Fsp3) is 0.375. The number of imidazole rings is 1. The molecule has 28 heavy (non-hydrogen) atoms. The standard InChI is InChI=1S/C24H30N2O2/c1-16(2)26-22-15-19(5)18(4)14-21(22)25(24(26)27)11-7-8-12-28-23-10-9-17(3)13-20(23)6/h9-10,13-15H,1,7-8,11-12H2,2-6H3. The van der Waals surface area contributed by atoms with E-state index in [2.05, 4.69) is 58.5 Å². The Hall–Kier alpha value is -2.75. The third-order valence-corrected chi connectivity index (χ3v) is 5.29. The van der Waals surface area contributed by atoms with Crippen molar-refractivity contribution in [2.45, 2.75) is 54.0 Å². The van der Waals surface area contributed by atoms with E-state index in [1.807, 2.05) is 17.6 Å². The zero-order chi connectivity index (χ0) is 20.4. The van der Waals surface area contributed by atoms with Crippen LogP contribution >= 0.6 is 0 Å². The molecule has 0 spiro atoms. The van der Waals surface area contributed by atoms with E-state index in [4.69, 9.17) is 4.74 Å². The summed E-state index contributed by atoms with van der Waals surface area (Å²) >= 11 is 0. The SMILES string of the molecule is C=C(C)n1c(=O)n(CCCCOc2ccc(C)cc2C)c2cc(C)c(C)cc21. The molecule has 1 aromatic heterocycles. The smallest absolute Gasteiger partial charge is 0.333 e. The molecule has 0 fully saturated rings. The minimum atomic E-state index is -0.0113. The highest BCUT2D eigenvalue weighted by molar-refractivity contribution is 5.81. The lowest BCUT2D eigenvalue weighted by Crippen LogP contribution is -2.23. The van der Waals surface area contributed by atoms with Crippen LogP contribution < -0.4 is 10.4 Å². The average molecular weight is 379 g/mol. The van der Waals surface area contributed by atoms with Crippen molar-refractivity contribution >= 4 is 16.7 Å². The fourth-order valence-corrected chi connectivity index (χ4v) is 3.61. The molecule has 0 radical (unpaired) electrons. The van der Waals surface area contributed by atoms with Gasteiger partial charge in [-0.25, -0.2) is 4.79 Å². The number of benzene rings is 2. The minimum Gasteiger partial charge on any atom is -0.493 e. The molecule has 0 aliphatic carbocycles. The Balaban J connectivity index is 1.72.